The van der Waals surface area contributed by atoms with Crippen LogP contribution in [0.15, 0.2) is 0 Å². The maximum Gasteiger partial charge on any atom is 0.318 e. The number of carbonyl (C=O) groups excluding carboxylic acids is 1. The second-order valence-electron chi connectivity index (χ2n) is 5.40. The van der Waals surface area contributed by atoms with Gasteiger partial charge in [0.05, 0.1) is 11.5 Å². The molecule has 2 amide bonds. The lowest BCUT2D eigenvalue weighted by molar-refractivity contribution is -0.152. The van der Waals surface area contributed by atoms with Crippen LogP contribution in [0.2, 0.25) is 0 Å². The molecule has 0 aliphatic carbocycles. The minimum absolute atomic E-state index is 0.190. The number of aliphatic carboxylic acids is 1. The molecule has 1 heterocycles. The van der Waals surface area contributed by atoms with Crippen molar-refractivity contribution in [2.24, 2.45) is 5.41 Å². The number of nitrogens with zero attached hydrogens (tertiary/aromatic N) is 1. The third kappa shape index (κ3) is 3.66. The third-order valence-corrected chi connectivity index (χ3v) is 4.10. The maximum atomic E-state index is 12.0. The highest BCUT2D eigenvalue weighted by atomic mass is 16.4. The first-order chi connectivity index (χ1) is 9.49. The first-order valence-corrected chi connectivity index (χ1v) is 7.24. The molecule has 20 heavy (non-hydrogen) atoms. The number of carboxylic acid groups (broad SMARTS) is 1. The van der Waals surface area contributed by atoms with Crippen molar-refractivity contribution < 1.29 is 14.7 Å². The van der Waals surface area contributed by atoms with Crippen LogP contribution in [0.3, 0.4) is 0 Å². The van der Waals surface area contributed by atoms with Crippen LogP contribution in [0.5, 0.6) is 0 Å². The Bertz CT molecular complexity index is 392. The Hall–Kier alpha value is -1.70. The van der Waals surface area contributed by atoms with Gasteiger partial charge in [-0.15, -0.1) is 6.42 Å². The van der Waals surface area contributed by atoms with E-state index in [0.717, 1.165) is 6.42 Å². The van der Waals surface area contributed by atoms with Crippen molar-refractivity contribution in [1.82, 2.24) is 10.2 Å². The Kier molecular flexibility index (Phi) is 5.87. The highest BCUT2D eigenvalue weighted by molar-refractivity contribution is 5.77. The molecule has 5 heteroatoms. The molecule has 0 aromatic carbocycles. The molecule has 5 nitrogen and oxygen atoms in total. The number of hydrogen-bond donors (Lipinski definition) is 2. The summed E-state index contributed by atoms with van der Waals surface area (Å²) in [6, 6.07) is -0.449. The minimum Gasteiger partial charge on any atom is -0.481 e. The van der Waals surface area contributed by atoms with Crippen LogP contribution in [0.1, 0.15) is 46.0 Å². The van der Waals surface area contributed by atoms with Crippen molar-refractivity contribution in [1.29, 1.82) is 0 Å². The smallest absolute Gasteiger partial charge is 0.318 e. The van der Waals surface area contributed by atoms with Crippen LogP contribution in [0, 0.1) is 17.8 Å². The molecular weight excluding hydrogens is 256 g/mol. The van der Waals surface area contributed by atoms with Gasteiger partial charge in [-0.05, 0) is 25.7 Å². The molecule has 1 atom stereocenters. The predicted molar refractivity (Wildman–Crippen MR) is 77.2 cm³/mol. The van der Waals surface area contributed by atoms with Gasteiger partial charge in [0.2, 0.25) is 0 Å². The molecule has 112 valence electrons. The fourth-order valence-electron chi connectivity index (χ4n) is 2.69. The largest absolute Gasteiger partial charge is 0.481 e. The Morgan fingerprint density at radius 2 is 2.00 bits per heavy atom. The van der Waals surface area contributed by atoms with Crippen LogP contribution in [-0.2, 0) is 4.79 Å². The SMILES string of the molecule is C#CC(CC)NC(=O)N1CCC(CCC)(C(=O)O)CC1. The zero-order chi connectivity index (χ0) is 15.2. The second kappa shape index (κ2) is 7.18. The Balaban J connectivity index is 2.59. The van der Waals surface area contributed by atoms with Gasteiger partial charge in [-0.25, -0.2) is 4.79 Å². The van der Waals surface area contributed by atoms with Gasteiger partial charge in [-0.2, -0.15) is 0 Å². The van der Waals surface area contributed by atoms with E-state index in [1.165, 1.54) is 0 Å². The van der Waals surface area contributed by atoms with Crippen LogP contribution in [-0.4, -0.2) is 41.1 Å². The lowest BCUT2D eigenvalue weighted by Crippen LogP contribution is -2.51. The molecule has 0 saturated carbocycles. The summed E-state index contributed by atoms with van der Waals surface area (Å²) in [4.78, 5) is 25.2. The summed E-state index contributed by atoms with van der Waals surface area (Å²) in [6.45, 7) is 4.85. The molecule has 2 N–H and O–H groups in total. The van der Waals surface area contributed by atoms with E-state index in [1.54, 1.807) is 4.90 Å². The molecule has 1 rings (SSSR count). The standard InChI is InChI=1S/C15H24N2O3/c1-4-7-15(13(18)19)8-10-17(11-9-15)14(20)16-12(5-2)6-3/h2,12H,4,6-11H2,1,3H3,(H,16,20)(H,18,19). The van der Waals surface area contributed by atoms with E-state index >= 15 is 0 Å². The predicted octanol–water partition coefficient (Wildman–Crippen LogP) is 2.07. The fraction of sp³-hybridized carbons (Fsp3) is 0.733. The van der Waals surface area contributed by atoms with Crippen molar-refractivity contribution >= 4 is 12.0 Å². The molecule has 0 aromatic heterocycles. The van der Waals surface area contributed by atoms with Gasteiger partial charge in [0, 0.05) is 13.1 Å². The second-order valence-corrected chi connectivity index (χ2v) is 5.40. The van der Waals surface area contributed by atoms with Crippen molar-refractivity contribution in [2.75, 3.05) is 13.1 Å². The highest BCUT2D eigenvalue weighted by Gasteiger charge is 2.41. The zero-order valence-corrected chi connectivity index (χ0v) is 12.3. The van der Waals surface area contributed by atoms with E-state index in [2.05, 4.69) is 11.2 Å². The van der Waals surface area contributed by atoms with E-state index < -0.39 is 11.4 Å². The monoisotopic (exact) mass is 280 g/mol. The molecule has 1 fully saturated rings. The average molecular weight is 280 g/mol. The summed E-state index contributed by atoms with van der Waals surface area (Å²) in [7, 11) is 0. The van der Waals surface area contributed by atoms with E-state index in [4.69, 9.17) is 6.42 Å². The molecule has 1 unspecified atom stereocenters. The fourth-order valence-corrected chi connectivity index (χ4v) is 2.69. The molecule has 0 aromatic rings. The number of rotatable bonds is 5. The maximum absolute atomic E-state index is 12.0. The molecular formula is C15H24N2O3. The molecule has 1 aliphatic heterocycles. The lowest BCUT2D eigenvalue weighted by atomic mass is 9.75. The van der Waals surface area contributed by atoms with Gasteiger partial charge in [0.1, 0.15) is 0 Å². The number of carboxylic acids is 1. The van der Waals surface area contributed by atoms with Gasteiger partial charge < -0.3 is 15.3 Å². The number of amides is 2. The van der Waals surface area contributed by atoms with E-state index in [9.17, 15) is 14.7 Å². The van der Waals surface area contributed by atoms with Crippen LogP contribution >= 0.6 is 0 Å². The van der Waals surface area contributed by atoms with Gasteiger partial charge in [-0.1, -0.05) is 26.2 Å². The summed E-state index contributed by atoms with van der Waals surface area (Å²) >= 11 is 0. The Morgan fingerprint density at radius 3 is 2.40 bits per heavy atom. The number of likely N-dealkylation sites (tertiary alicyclic amines) is 1. The summed E-state index contributed by atoms with van der Waals surface area (Å²) in [5, 5.41) is 12.2. The number of terminal acetylenes is 1. The highest BCUT2D eigenvalue weighted by Crippen LogP contribution is 2.36. The lowest BCUT2D eigenvalue weighted by Gasteiger charge is -2.39. The van der Waals surface area contributed by atoms with Crippen LogP contribution < -0.4 is 5.32 Å². The first kappa shape index (κ1) is 16.4. The third-order valence-electron chi connectivity index (χ3n) is 4.10. The topological polar surface area (TPSA) is 69.6 Å². The minimum atomic E-state index is -0.741. The van der Waals surface area contributed by atoms with Crippen molar-refractivity contribution in [3.63, 3.8) is 0 Å². The first-order valence-electron chi connectivity index (χ1n) is 7.24. The van der Waals surface area contributed by atoms with E-state index in [0.29, 0.717) is 38.8 Å². The zero-order valence-electron chi connectivity index (χ0n) is 12.3. The Labute approximate surface area is 120 Å². The van der Waals surface area contributed by atoms with Gasteiger partial charge in [0.15, 0.2) is 0 Å². The van der Waals surface area contributed by atoms with Gasteiger partial charge in [0.25, 0.3) is 0 Å². The van der Waals surface area contributed by atoms with Crippen molar-refractivity contribution in [3.8, 4) is 12.3 Å². The number of urea groups is 1. The normalized spacial score (nSPS) is 18.9. The molecule has 0 bridgehead atoms. The number of carbonyl (C=O) groups is 2. The van der Waals surface area contributed by atoms with E-state index in [-0.39, 0.29) is 12.1 Å². The summed E-state index contributed by atoms with van der Waals surface area (Å²) in [5.41, 5.74) is -0.665. The summed E-state index contributed by atoms with van der Waals surface area (Å²) < 4.78 is 0. The van der Waals surface area contributed by atoms with Crippen LogP contribution in [0.4, 0.5) is 4.79 Å². The molecule has 1 saturated heterocycles. The average Bonchev–Trinajstić information content (AvgIpc) is 2.45. The molecule has 0 spiro atoms. The molecule has 0 radical (unpaired) electrons. The van der Waals surface area contributed by atoms with Crippen molar-refractivity contribution in [3.05, 3.63) is 0 Å². The van der Waals surface area contributed by atoms with Gasteiger partial charge >= 0.3 is 12.0 Å². The van der Waals surface area contributed by atoms with E-state index in [1.807, 2.05) is 13.8 Å². The quantitative estimate of drug-likeness (QED) is 0.757. The molecule has 1 aliphatic rings. The van der Waals surface area contributed by atoms with Crippen LogP contribution in [0.25, 0.3) is 0 Å². The number of piperidine rings is 1. The summed E-state index contributed by atoms with van der Waals surface area (Å²) in [5.74, 6) is 1.78. The summed E-state index contributed by atoms with van der Waals surface area (Å²) in [6.07, 6.45) is 8.54. The number of nitrogens with one attached hydrogen (secondary N) is 1. The number of hydrogen-bond acceptors (Lipinski definition) is 2. The van der Waals surface area contributed by atoms with Gasteiger partial charge in [-0.3, -0.25) is 4.79 Å². The Morgan fingerprint density at radius 1 is 1.40 bits per heavy atom. The van der Waals surface area contributed by atoms with Crippen molar-refractivity contribution in [2.45, 2.75) is 52.0 Å².